The number of hydrogen-bond acceptors (Lipinski definition) is 0. The molecule has 0 saturated heterocycles. The highest BCUT2D eigenvalue weighted by atomic mass is 19.2. The van der Waals surface area contributed by atoms with Crippen molar-refractivity contribution in [3.8, 4) is 11.1 Å². The van der Waals surface area contributed by atoms with Gasteiger partial charge in [-0.05, 0) is 91.2 Å². The third-order valence-electron chi connectivity index (χ3n) is 7.23. The van der Waals surface area contributed by atoms with Gasteiger partial charge >= 0.3 is 0 Å². The molecule has 4 rings (SSSR count). The second-order valence-electron chi connectivity index (χ2n) is 9.11. The van der Waals surface area contributed by atoms with Crippen LogP contribution in [0.4, 0.5) is 22.0 Å². The molecule has 0 aromatic heterocycles. The molecule has 0 radical (unpaired) electrons. The maximum Gasteiger partial charge on any atom is 0.194 e. The zero-order valence-electron chi connectivity index (χ0n) is 17.2. The van der Waals surface area contributed by atoms with E-state index < -0.39 is 34.6 Å². The molecule has 162 valence electrons. The molecular weight excluding hydrogens is 395 g/mol. The van der Waals surface area contributed by atoms with E-state index in [4.69, 9.17) is 0 Å². The SMILES string of the molecule is CCCC1CCC2CC(c3cc(F)c(-c4cc(F)c(F)c(F)c4)c(F)c3)CCC2C1. The van der Waals surface area contributed by atoms with E-state index in [1.54, 1.807) is 0 Å². The quantitative estimate of drug-likeness (QED) is 0.344. The Hall–Kier alpha value is -1.91. The van der Waals surface area contributed by atoms with Gasteiger partial charge in [-0.1, -0.05) is 26.2 Å². The molecule has 0 nitrogen and oxygen atoms in total. The minimum absolute atomic E-state index is 0.0914. The van der Waals surface area contributed by atoms with E-state index in [0.717, 1.165) is 25.2 Å². The van der Waals surface area contributed by atoms with E-state index in [-0.39, 0.29) is 11.5 Å². The summed E-state index contributed by atoms with van der Waals surface area (Å²) in [5, 5.41) is 0. The lowest BCUT2D eigenvalue weighted by atomic mass is 9.63. The molecule has 2 aliphatic rings. The predicted molar refractivity (Wildman–Crippen MR) is 107 cm³/mol. The van der Waals surface area contributed by atoms with Crippen molar-refractivity contribution in [2.75, 3.05) is 0 Å². The number of rotatable bonds is 4. The maximum absolute atomic E-state index is 14.8. The van der Waals surface area contributed by atoms with Crippen molar-refractivity contribution in [1.82, 2.24) is 0 Å². The first-order valence-corrected chi connectivity index (χ1v) is 11.0. The normalized spacial score (nSPS) is 26.5. The van der Waals surface area contributed by atoms with Gasteiger partial charge in [0.2, 0.25) is 0 Å². The van der Waals surface area contributed by atoms with Gasteiger partial charge in [0.1, 0.15) is 11.6 Å². The fourth-order valence-corrected chi connectivity index (χ4v) is 5.76. The topological polar surface area (TPSA) is 0 Å². The number of benzene rings is 2. The molecule has 30 heavy (non-hydrogen) atoms. The third kappa shape index (κ3) is 4.13. The molecule has 0 N–H and O–H groups in total. The highest BCUT2D eigenvalue weighted by Crippen LogP contribution is 2.48. The summed E-state index contributed by atoms with van der Waals surface area (Å²) in [6.45, 7) is 2.23. The molecule has 0 amide bonds. The average molecular weight is 422 g/mol. The molecule has 0 bridgehead atoms. The monoisotopic (exact) mass is 422 g/mol. The summed E-state index contributed by atoms with van der Waals surface area (Å²) in [5.74, 6) is -4.11. The summed E-state index contributed by atoms with van der Waals surface area (Å²) >= 11 is 0. The van der Waals surface area contributed by atoms with Crippen LogP contribution in [0.25, 0.3) is 11.1 Å². The van der Waals surface area contributed by atoms with Gasteiger partial charge in [0.15, 0.2) is 17.5 Å². The van der Waals surface area contributed by atoms with Crippen molar-refractivity contribution in [3.63, 3.8) is 0 Å². The second-order valence-corrected chi connectivity index (χ2v) is 9.11. The lowest BCUT2D eigenvalue weighted by Crippen LogP contribution is -2.30. The van der Waals surface area contributed by atoms with E-state index in [2.05, 4.69) is 6.92 Å². The molecule has 5 heteroatoms. The van der Waals surface area contributed by atoms with Crippen LogP contribution in [0.1, 0.15) is 69.8 Å². The minimum Gasteiger partial charge on any atom is -0.206 e. The highest BCUT2D eigenvalue weighted by molar-refractivity contribution is 5.65. The first-order chi connectivity index (χ1) is 14.4. The third-order valence-corrected chi connectivity index (χ3v) is 7.23. The number of fused-ring (bicyclic) bond motifs is 1. The van der Waals surface area contributed by atoms with E-state index in [0.29, 0.717) is 29.5 Å². The molecule has 4 unspecified atom stereocenters. The Morgan fingerprint density at radius 2 is 1.33 bits per heavy atom. The van der Waals surface area contributed by atoms with Crippen LogP contribution in [0.2, 0.25) is 0 Å². The molecule has 2 saturated carbocycles. The second kappa shape index (κ2) is 8.68. The molecule has 0 heterocycles. The van der Waals surface area contributed by atoms with Gasteiger partial charge in [-0.2, -0.15) is 0 Å². The van der Waals surface area contributed by atoms with Gasteiger partial charge in [-0.3, -0.25) is 0 Å². The Morgan fingerprint density at radius 1 is 0.733 bits per heavy atom. The molecule has 0 spiro atoms. The molecule has 2 fully saturated rings. The molecule has 2 aliphatic carbocycles. The van der Waals surface area contributed by atoms with E-state index in [1.165, 1.54) is 44.2 Å². The summed E-state index contributed by atoms with van der Waals surface area (Å²) < 4.78 is 69.9. The van der Waals surface area contributed by atoms with Crippen LogP contribution in [0, 0.1) is 46.8 Å². The molecule has 2 aromatic carbocycles. The van der Waals surface area contributed by atoms with Crippen LogP contribution >= 0.6 is 0 Å². The fraction of sp³-hybridized carbons (Fsp3) is 0.520. The summed E-state index contributed by atoms with van der Waals surface area (Å²) in [6, 6.07) is 3.82. The van der Waals surface area contributed by atoms with Crippen molar-refractivity contribution in [3.05, 3.63) is 58.9 Å². The van der Waals surface area contributed by atoms with Crippen molar-refractivity contribution in [1.29, 1.82) is 0 Å². The largest absolute Gasteiger partial charge is 0.206 e. The predicted octanol–water partition coefficient (Wildman–Crippen LogP) is 8.15. The highest BCUT2D eigenvalue weighted by Gasteiger charge is 2.36. The zero-order valence-corrected chi connectivity index (χ0v) is 17.2. The first-order valence-electron chi connectivity index (χ1n) is 11.0. The van der Waals surface area contributed by atoms with E-state index >= 15 is 0 Å². The van der Waals surface area contributed by atoms with Gasteiger partial charge in [0.25, 0.3) is 0 Å². The van der Waals surface area contributed by atoms with E-state index in [9.17, 15) is 22.0 Å². The van der Waals surface area contributed by atoms with Crippen LogP contribution in [-0.2, 0) is 0 Å². The van der Waals surface area contributed by atoms with Crippen LogP contribution in [0.15, 0.2) is 24.3 Å². The Morgan fingerprint density at radius 3 is 1.97 bits per heavy atom. The average Bonchev–Trinajstić information content (AvgIpc) is 2.71. The molecular formula is C25H27F5. The minimum atomic E-state index is -1.65. The van der Waals surface area contributed by atoms with Gasteiger partial charge in [0.05, 0.1) is 5.56 Å². The maximum atomic E-state index is 14.8. The Labute approximate surface area is 174 Å². The summed E-state index contributed by atoms with van der Waals surface area (Å²) in [6.07, 6.45) is 9.11. The summed E-state index contributed by atoms with van der Waals surface area (Å²) in [5.41, 5.74) is -0.262. The first kappa shape index (κ1) is 21.3. The van der Waals surface area contributed by atoms with Crippen molar-refractivity contribution in [2.45, 2.75) is 64.2 Å². The smallest absolute Gasteiger partial charge is 0.194 e. The van der Waals surface area contributed by atoms with Crippen molar-refractivity contribution >= 4 is 0 Å². The lowest BCUT2D eigenvalue weighted by Gasteiger charge is -2.42. The van der Waals surface area contributed by atoms with Gasteiger partial charge in [-0.15, -0.1) is 0 Å². The lowest BCUT2D eigenvalue weighted by molar-refractivity contribution is 0.114. The van der Waals surface area contributed by atoms with Gasteiger partial charge in [-0.25, -0.2) is 22.0 Å². The number of hydrogen-bond donors (Lipinski definition) is 0. The Kier molecular flexibility index (Phi) is 6.17. The molecule has 0 aliphatic heterocycles. The van der Waals surface area contributed by atoms with Gasteiger partial charge in [0, 0.05) is 0 Å². The fourth-order valence-electron chi connectivity index (χ4n) is 5.76. The summed E-state index contributed by atoms with van der Waals surface area (Å²) in [4.78, 5) is 0. The van der Waals surface area contributed by atoms with Crippen LogP contribution in [-0.4, -0.2) is 0 Å². The van der Waals surface area contributed by atoms with Crippen LogP contribution < -0.4 is 0 Å². The Bertz CT molecular complexity index is 876. The van der Waals surface area contributed by atoms with Crippen LogP contribution in [0.3, 0.4) is 0 Å². The standard InChI is InChI=1S/C25H27F5/c1-2-3-14-4-5-16-9-17(7-6-15(16)8-14)18-10-20(26)24(21(27)11-18)19-12-22(28)25(30)23(29)13-19/h10-17H,2-9H2,1H3. The molecule has 4 atom stereocenters. The van der Waals surface area contributed by atoms with Crippen LogP contribution in [0.5, 0.6) is 0 Å². The number of halogens is 5. The molecule has 2 aromatic rings. The zero-order chi connectivity index (χ0) is 21.4. The summed E-state index contributed by atoms with van der Waals surface area (Å²) in [7, 11) is 0. The Balaban J connectivity index is 1.55. The van der Waals surface area contributed by atoms with E-state index in [1.807, 2.05) is 0 Å². The van der Waals surface area contributed by atoms with Crippen molar-refractivity contribution < 1.29 is 22.0 Å². The van der Waals surface area contributed by atoms with Crippen molar-refractivity contribution in [2.24, 2.45) is 17.8 Å². The van der Waals surface area contributed by atoms with Gasteiger partial charge < -0.3 is 0 Å².